The molecule has 0 spiro atoms. The monoisotopic (exact) mass is 261 g/mol. The number of hydrogen-bond donors (Lipinski definition) is 2. The number of halogens is 1. The summed E-state index contributed by atoms with van der Waals surface area (Å²) in [6, 6.07) is 2.52. The topological polar surface area (TPSA) is 97.5 Å². The van der Waals surface area contributed by atoms with Crippen molar-refractivity contribution in [3.8, 4) is 0 Å². The molecule has 1 aromatic rings. The van der Waals surface area contributed by atoms with Gasteiger partial charge in [0.1, 0.15) is 16.8 Å². The lowest BCUT2D eigenvalue weighted by molar-refractivity contribution is -0.138. The van der Waals surface area contributed by atoms with Crippen LogP contribution in [0.25, 0.3) is 0 Å². The zero-order valence-electron chi connectivity index (χ0n) is 9.05. The number of carboxylic acids is 1. The van der Waals surface area contributed by atoms with Crippen LogP contribution >= 0.6 is 0 Å². The SMILES string of the molecule is CS(=O)(=O)c1cccc(CC(N)C(=O)O)c1F. The minimum absolute atomic E-state index is 0.0252. The molecule has 1 aromatic carbocycles. The van der Waals surface area contributed by atoms with E-state index in [-0.39, 0.29) is 12.0 Å². The third-order valence-corrected chi connectivity index (χ3v) is 3.31. The van der Waals surface area contributed by atoms with Crippen molar-refractivity contribution in [2.24, 2.45) is 5.73 Å². The molecule has 17 heavy (non-hydrogen) atoms. The molecule has 5 nitrogen and oxygen atoms in total. The van der Waals surface area contributed by atoms with Gasteiger partial charge in [-0.15, -0.1) is 0 Å². The molecule has 7 heteroatoms. The Hall–Kier alpha value is -1.47. The second-order valence-electron chi connectivity index (χ2n) is 3.65. The molecule has 0 radical (unpaired) electrons. The van der Waals surface area contributed by atoms with Gasteiger partial charge in [0.25, 0.3) is 0 Å². The zero-order chi connectivity index (χ0) is 13.2. The molecule has 0 saturated carbocycles. The maximum atomic E-state index is 13.8. The molecule has 0 amide bonds. The average molecular weight is 261 g/mol. The minimum atomic E-state index is -3.68. The molecule has 0 bridgehead atoms. The number of aliphatic carboxylic acids is 1. The maximum Gasteiger partial charge on any atom is 0.320 e. The van der Waals surface area contributed by atoms with Gasteiger partial charge in [0.05, 0.1) is 0 Å². The molecular weight excluding hydrogens is 249 g/mol. The summed E-state index contributed by atoms with van der Waals surface area (Å²) in [5.41, 5.74) is 5.24. The van der Waals surface area contributed by atoms with Gasteiger partial charge < -0.3 is 10.8 Å². The molecule has 0 aliphatic carbocycles. The van der Waals surface area contributed by atoms with E-state index in [0.717, 1.165) is 12.3 Å². The van der Waals surface area contributed by atoms with Crippen LogP contribution in [0.15, 0.2) is 23.1 Å². The van der Waals surface area contributed by atoms with Crippen molar-refractivity contribution in [3.63, 3.8) is 0 Å². The van der Waals surface area contributed by atoms with E-state index in [1.807, 2.05) is 0 Å². The van der Waals surface area contributed by atoms with Crippen molar-refractivity contribution in [2.45, 2.75) is 17.4 Å². The lowest BCUT2D eigenvalue weighted by Crippen LogP contribution is -2.32. The van der Waals surface area contributed by atoms with Gasteiger partial charge in [-0.1, -0.05) is 12.1 Å². The first-order valence-corrected chi connectivity index (χ1v) is 6.58. The van der Waals surface area contributed by atoms with Gasteiger partial charge in [-0.25, -0.2) is 12.8 Å². The number of carbonyl (C=O) groups is 1. The summed E-state index contributed by atoms with van der Waals surface area (Å²) in [5.74, 6) is -2.21. The Kier molecular flexibility index (Phi) is 3.84. The zero-order valence-corrected chi connectivity index (χ0v) is 9.87. The number of sulfone groups is 1. The van der Waals surface area contributed by atoms with Gasteiger partial charge in [-0.05, 0) is 11.6 Å². The van der Waals surface area contributed by atoms with Gasteiger partial charge in [0.2, 0.25) is 0 Å². The van der Waals surface area contributed by atoms with Crippen molar-refractivity contribution in [2.75, 3.05) is 6.26 Å². The summed E-state index contributed by atoms with van der Waals surface area (Å²) in [6.45, 7) is 0. The molecule has 0 aromatic heterocycles. The Bertz CT molecular complexity index is 541. The van der Waals surface area contributed by atoms with Gasteiger partial charge in [-0.2, -0.15) is 0 Å². The van der Waals surface area contributed by atoms with Crippen molar-refractivity contribution in [3.05, 3.63) is 29.6 Å². The normalized spacial score (nSPS) is 13.4. The Labute approximate surface area is 98.0 Å². The minimum Gasteiger partial charge on any atom is -0.480 e. The Balaban J connectivity index is 3.16. The van der Waals surface area contributed by atoms with Crippen LogP contribution in [0.1, 0.15) is 5.56 Å². The van der Waals surface area contributed by atoms with E-state index in [4.69, 9.17) is 10.8 Å². The standard InChI is InChI=1S/C10H12FNO4S/c1-17(15,16)8-4-2-3-6(9(8)11)5-7(12)10(13)14/h2-4,7H,5,12H2,1H3,(H,13,14). The van der Waals surface area contributed by atoms with Crippen LogP contribution in [0.3, 0.4) is 0 Å². The van der Waals surface area contributed by atoms with Gasteiger partial charge in [0.15, 0.2) is 9.84 Å². The predicted molar refractivity (Wildman–Crippen MR) is 58.8 cm³/mol. The van der Waals surface area contributed by atoms with E-state index in [2.05, 4.69) is 0 Å². The Morgan fingerprint density at radius 2 is 2.12 bits per heavy atom. The molecule has 0 heterocycles. The number of rotatable bonds is 4. The highest BCUT2D eigenvalue weighted by molar-refractivity contribution is 7.90. The third kappa shape index (κ3) is 3.24. The summed E-state index contributed by atoms with van der Waals surface area (Å²) in [7, 11) is -3.68. The summed E-state index contributed by atoms with van der Waals surface area (Å²) in [5, 5.41) is 8.60. The van der Waals surface area contributed by atoms with Crippen molar-refractivity contribution in [1.82, 2.24) is 0 Å². The highest BCUT2D eigenvalue weighted by atomic mass is 32.2. The highest BCUT2D eigenvalue weighted by Crippen LogP contribution is 2.18. The van der Waals surface area contributed by atoms with E-state index in [1.54, 1.807) is 0 Å². The fraction of sp³-hybridized carbons (Fsp3) is 0.300. The number of hydrogen-bond acceptors (Lipinski definition) is 4. The van der Waals surface area contributed by atoms with E-state index >= 15 is 0 Å². The second-order valence-corrected chi connectivity index (χ2v) is 5.63. The van der Waals surface area contributed by atoms with Gasteiger partial charge in [0, 0.05) is 12.7 Å². The van der Waals surface area contributed by atoms with Gasteiger partial charge in [-0.3, -0.25) is 4.79 Å². The lowest BCUT2D eigenvalue weighted by atomic mass is 10.1. The number of benzene rings is 1. The van der Waals surface area contributed by atoms with Crippen LogP contribution < -0.4 is 5.73 Å². The second kappa shape index (κ2) is 4.80. The third-order valence-electron chi connectivity index (χ3n) is 2.20. The summed E-state index contributed by atoms with van der Waals surface area (Å²) in [6.07, 6.45) is 0.622. The largest absolute Gasteiger partial charge is 0.480 e. The van der Waals surface area contributed by atoms with Crippen LogP contribution in [-0.4, -0.2) is 31.8 Å². The predicted octanol–water partition coefficient (Wildman–Crippen LogP) is 0.184. The molecule has 0 saturated heterocycles. The first-order valence-electron chi connectivity index (χ1n) is 4.69. The molecule has 3 N–H and O–H groups in total. The molecule has 1 unspecified atom stereocenters. The fourth-order valence-corrected chi connectivity index (χ4v) is 2.11. The maximum absolute atomic E-state index is 13.8. The van der Waals surface area contributed by atoms with E-state index in [0.29, 0.717) is 0 Å². The van der Waals surface area contributed by atoms with E-state index < -0.39 is 32.6 Å². The first kappa shape index (κ1) is 13.6. The van der Waals surface area contributed by atoms with E-state index in [9.17, 15) is 17.6 Å². The molecule has 94 valence electrons. The van der Waals surface area contributed by atoms with Crippen molar-refractivity contribution < 1.29 is 22.7 Å². The van der Waals surface area contributed by atoms with Crippen LogP contribution in [0.2, 0.25) is 0 Å². The van der Waals surface area contributed by atoms with Crippen LogP contribution in [0, 0.1) is 5.82 Å². The molecular formula is C10H12FNO4S. The smallest absolute Gasteiger partial charge is 0.320 e. The quantitative estimate of drug-likeness (QED) is 0.806. The summed E-state index contributed by atoms with van der Waals surface area (Å²) in [4.78, 5) is 10.1. The van der Waals surface area contributed by atoms with E-state index in [1.165, 1.54) is 12.1 Å². The molecule has 1 rings (SSSR count). The molecule has 0 aliphatic rings. The first-order chi connectivity index (χ1) is 7.73. The Morgan fingerprint density at radius 1 is 1.53 bits per heavy atom. The lowest BCUT2D eigenvalue weighted by Gasteiger charge is -2.09. The average Bonchev–Trinajstić information content (AvgIpc) is 2.19. The number of carboxylic acid groups (broad SMARTS) is 1. The van der Waals surface area contributed by atoms with Crippen LogP contribution in [0.5, 0.6) is 0 Å². The van der Waals surface area contributed by atoms with Crippen molar-refractivity contribution >= 4 is 15.8 Å². The highest BCUT2D eigenvalue weighted by Gasteiger charge is 2.20. The van der Waals surface area contributed by atoms with Gasteiger partial charge >= 0.3 is 5.97 Å². The molecule has 0 aliphatic heterocycles. The molecule has 1 atom stereocenters. The van der Waals surface area contributed by atoms with Crippen LogP contribution in [0.4, 0.5) is 4.39 Å². The van der Waals surface area contributed by atoms with Crippen LogP contribution in [-0.2, 0) is 21.1 Å². The summed E-state index contributed by atoms with van der Waals surface area (Å²) < 4.78 is 36.2. The number of nitrogens with two attached hydrogens (primary N) is 1. The summed E-state index contributed by atoms with van der Waals surface area (Å²) >= 11 is 0. The Morgan fingerprint density at radius 3 is 2.59 bits per heavy atom. The fourth-order valence-electron chi connectivity index (χ4n) is 1.32. The molecule has 0 fully saturated rings. The van der Waals surface area contributed by atoms with Crippen molar-refractivity contribution in [1.29, 1.82) is 0 Å².